The zero-order valence-electron chi connectivity index (χ0n) is 13.6. The van der Waals surface area contributed by atoms with Crippen LogP contribution < -0.4 is 0 Å². The van der Waals surface area contributed by atoms with Crippen LogP contribution in [0, 0.1) is 0 Å². The van der Waals surface area contributed by atoms with E-state index in [1.807, 2.05) is 13.0 Å². The molecule has 0 N–H and O–H groups in total. The Labute approximate surface area is 145 Å². The first-order valence-corrected chi connectivity index (χ1v) is 10.8. The molecule has 0 aromatic carbocycles. The SMILES string of the molecule is CCc1ccc(S(=O)(=O)N2CCC(c3nnc(C4CC4)o3)CC2)s1. The molecule has 0 atom stereocenters. The van der Waals surface area contributed by atoms with Crippen molar-refractivity contribution in [3.63, 3.8) is 0 Å². The summed E-state index contributed by atoms with van der Waals surface area (Å²) in [6.07, 6.45) is 4.61. The van der Waals surface area contributed by atoms with Crippen LogP contribution in [0.15, 0.2) is 20.8 Å². The van der Waals surface area contributed by atoms with Gasteiger partial charge in [-0.25, -0.2) is 8.42 Å². The summed E-state index contributed by atoms with van der Waals surface area (Å²) in [5, 5.41) is 8.31. The fourth-order valence-electron chi connectivity index (χ4n) is 3.06. The van der Waals surface area contributed by atoms with E-state index in [2.05, 4.69) is 10.2 Å². The van der Waals surface area contributed by atoms with Crippen molar-refractivity contribution in [2.75, 3.05) is 13.1 Å². The largest absolute Gasteiger partial charge is 0.425 e. The minimum Gasteiger partial charge on any atom is -0.425 e. The van der Waals surface area contributed by atoms with Gasteiger partial charge in [-0.05, 0) is 44.2 Å². The number of aromatic nitrogens is 2. The Bertz CT molecular complexity index is 815. The Kier molecular flexibility index (Phi) is 4.22. The molecular weight excluding hydrogens is 346 g/mol. The van der Waals surface area contributed by atoms with Crippen LogP contribution >= 0.6 is 11.3 Å². The van der Waals surface area contributed by atoms with E-state index in [0.717, 1.165) is 42.9 Å². The first-order valence-electron chi connectivity index (χ1n) is 8.50. The predicted octanol–water partition coefficient (Wildman–Crippen LogP) is 3.14. The molecule has 0 radical (unpaired) electrons. The van der Waals surface area contributed by atoms with Crippen LogP contribution in [0.3, 0.4) is 0 Å². The second-order valence-corrected chi connectivity index (χ2v) is 9.84. The topological polar surface area (TPSA) is 76.3 Å². The van der Waals surface area contributed by atoms with Crippen molar-refractivity contribution in [3.05, 3.63) is 28.8 Å². The Morgan fingerprint density at radius 3 is 2.29 bits per heavy atom. The number of sulfonamides is 1. The van der Waals surface area contributed by atoms with Gasteiger partial charge in [0.2, 0.25) is 11.8 Å². The quantitative estimate of drug-likeness (QED) is 0.811. The van der Waals surface area contributed by atoms with E-state index in [0.29, 0.717) is 29.1 Å². The molecule has 24 heavy (non-hydrogen) atoms. The predicted molar refractivity (Wildman–Crippen MR) is 90.7 cm³/mol. The van der Waals surface area contributed by atoms with Crippen molar-refractivity contribution in [2.24, 2.45) is 0 Å². The van der Waals surface area contributed by atoms with Gasteiger partial charge in [0.05, 0.1) is 0 Å². The fourth-order valence-corrected chi connectivity index (χ4v) is 5.98. The van der Waals surface area contributed by atoms with Crippen molar-refractivity contribution < 1.29 is 12.8 Å². The maximum atomic E-state index is 12.7. The molecule has 2 aliphatic rings. The van der Waals surface area contributed by atoms with Gasteiger partial charge in [-0.2, -0.15) is 4.31 Å². The van der Waals surface area contributed by atoms with Gasteiger partial charge in [0, 0.05) is 29.8 Å². The summed E-state index contributed by atoms with van der Waals surface area (Å²) in [5.74, 6) is 2.06. The van der Waals surface area contributed by atoms with Crippen LogP contribution in [0.25, 0.3) is 0 Å². The molecule has 8 heteroatoms. The molecule has 0 spiro atoms. The lowest BCUT2D eigenvalue weighted by atomic mass is 9.98. The van der Waals surface area contributed by atoms with Crippen molar-refractivity contribution in [3.8, 4) is 0 Å². The van der Waals surface area contributed by atoms with Gasteiger partial charge < -0.3 is 4.42 Å². The molecule has 2 aromatic heterocycles. The number of piperidine rings is 1. The maximum absolute atomic E-state index is 12.7. The number of thiophene rings is 1. The second-order valence-electron chi connectivity index (χ2n) is 6.51. The lowest BCUT2D eigenvalue weighted by Crippen LogP contribution is -2.37. The number of hydrogen-bond donors (Lipinski definition) is 0. The zero-order chi connectivity index (χ0) is 16.7. The lowest BCUT2D eigenvalue weighted by Gasteiger charge is -2.29. The van der Waals surface area contributed by atoms with Crippen LogP contribution in [0.4, 0.5) is 0 Å². The highest BCUT2D eigenvalue weighted by Gasteiger charge is 2.34. The summed E-state index contributed by atoms with van der Waals surface area (Å²) in [5.41, 5.74) is 0. The minimum absolute atomic E-state index is 0.172. The van der Waals surface area contributed by atoms with Crippen LogP contribution in [0.5, 0.6) is 0 Å². The standard InChI is InChI=1S/C16H21N3O3S2/c1-2-13-5-6-14(23-13)24(20,21)19-9-7-12(8-10-19)16-18-17-15(22-16)11-3-4-11/h5-6,11-12H,2-4,7-10H2,1H3. The van der Waals surface area contributed by atoms with Gasteiger partial charge >= 0.3 is 0 Å². The van der Waals surface area contributed by atoms with E-state index in [1.165, 1.54) is 11.3 Å². The third-order valence-electron chi connectivity index (χ3n) is 4.77. The molecule has 0 amide bonds. The fraction of sp³-hybridized carbons (Fsp3) is 0.625. The van der Waals surface area contributed by atoms with E-state index in [1.54, 1.807) is 10.4 Å². The number of rotatable bonds is 5. The van der Waals surface area contributed by atoms with E-state index in [9.17, 15) is 8.42 Å². The van der Waals surface area contributed by atoms with E-state index in [-0.39, 0.29) is 5.92 Å². The van der Waals surface area contributed by atoms with Gasteiger partial charge in [0.1, 0.15) is 4.21 Å². The van der Waals surface area contributed by atoms with Crippen LogP contribution in [0.2, 0.25) is 0 Å². The third kappa shape index (κ3) is 3.02. The second kappa shape index (κ2) is 6.24. The third-order valence-corrected chi connectivity index (χ3v) is 8.36. The van der Waals surface area contributed by atoms with Crippen LogP contribution in [-0.4, -0.2) is 36.0 Å². The Morgan fingerprint density at radius 1 is 1.12 bits per heavy atom. The Morgan fingerprint density at radius 2 is 1.75 bits per heavy atom. The summed E-state index contributed by atoms with van der Waals surface area (Å²) in [7, 11) is -3.37. The Hall–Kier alpha value is -1.25. The summed E-state index contributed by atoms with van der Waals surface area (Å²) in [6.45, 7) is 3.05. The van der Waals surface area contributed by atoms with Crippen molar-refractivity contribution in [1.82, 2.24) is 14.5 Å². The van der Waals surface area contributed by atoms with Crippen molar-refractivity contribution in [1.29, 1.82) is 0 Å². The average molecular weight is 367 g/mol. The molecule has 0 unspecified atom stereocenters. The number of hydrogen-bond acceptors (Lipinski definition) is 6. The highest BCUT2D eigenvalue weighted by Crippen LogP contribution is 2.40. The Balaban J connectivity index is 1.43. The van der Waals surface area contributed by atoms with E-state index in [4.69, 9.17) is 4.42 Å². The van der Waals surface area contributed by atoms with Crippen molar-refractivity contribution in [2.45, 2.75) is 55.1 Å². The summed E-state index contributed by atoms with van der Waals surface area (Å²) >= 11 is 1.37. The highest BCUT2D eigenvalue weighted by atomic mass is 32.2. The molecule has 1 saturated carbocycles. The molecule has 2 aromatic rings. The molecule has 1 aliphatic carbocycles. The molecule has 3 heterocycles. The highest BCUT2D eigenvalue weighted by molar-refractivity contribution is 7.91. The maximum Gasteiger partial charge on any atom is 0.252 e. The molecule has 0 bridgehead atoms. The summed E-state index contributed by atoms with van der Waals surface area (Å²) < 4.78 is 33.3. The lowest BCUT2D eigenvalue weighted by molar-refractivity contribution is 0.287. The van der Waals surface area contributed by atoms with Crippen LogP contribution in [-0.2, 0) is 16.4 Å². The van der Waals surface area contributed by atoms with Gasteiger partial charge in [-0.3, -0.25) is 0 Å². The molecule has 6 nitrogen and oxygen atoms in total. The molecule has 1 aliphatic heterocycles. The average Bonchev–Trinajstić information content (AvgIpc) is 3.14. The first kappa shape index (κ1) is 16.2. The summed E-state index contributed by atoms with van der Waals surface area (Å²) in [4.78, 5) is 1.10. The molecule has 4 rings (SSSR count). The molecule has 130 valence electrons. The van der Waals surface area contributed by atoms with E-state index >= 15 is 0 Å². The first-order chi connectivity index (χ1) is 11.6. The van der Waals surface area contributed by atoms with Crippen LogP contribution in [0.1, 0.15) is 61.1 Å². The van der Waals surface area contributed by atoms with E-state index < -0.39 is 10.0 Å². The minimum atomic E-state index is -3.37. The van der Waals surface area contributed by atoms with Gasteiger partial charge in [0.25, 0.3) is 10.0 Å². The van der Waals surface area contributed by atoms with Gasteiger partial charge in [0.15, 0.2) is 0 Å². The summed E-state index contributed by atoms with van der Waals surface area (Å²) in [6, 6.07) is 3.63. The number of aryl methyl sites for hydroxylation is 1. The molecule has 1 saturated heterocycles. The smallest absolute Gasteiger partial charge is 0.252 e. The van der Waals surface area contributed by atoms with Crippen molar-refractivity contribution >= 4 is 21.4 Å². The monoisotopic (exact) mass is 367 g/mol. The molecule has 2 fully saturated rings. The normalized spacial score (nSPS) is 20.5. The molecular formula is C16H21N3O3S2. The van der Waals surface area contributed by atoms with Gasteiger partial charge in [-0.15, -0.1) is 21.5 Å². The number of nitrogens with zero attached hydrogens (tertiary/aromatic N) is 3. The van der Waals surface area contributed by atoms with Gasteiger partial charge in [-0.1, -0.05) is 6.92 Å². The zero-order valence-corrected chi connectivity index (χ0v) is 15.3.